The maximum absolute atomic E-state index is 12.5. The summed E-state index contributed by atoms with van der Waals surface area (Å²) in [5.74, 6) is -1.09. The van der Waals surface area contributed by atoms with Crippen molar-refractivity contribution in [1.82, 2.24) is 0 Å². The van der Waals surface area contributed by atoms with Crippen molar-refractivity contribution in [3.8, 4) is 0 Å². The van der Waals surface area contributed by atoms with E-state index in [4.69, 9.17) is 24.3 Å². The molecule has 0 aromatic heterocycles. The summed E-state index contributed by atoms with van der Waals surface area (Å²) in [5.41, 5.74) is 5.33. The minimum absolute atomic E-state index is 0.0384. The minimum atomic E-state index is -4.40. The van der Waals surface area contributed by atoms with E-state index in [1.54, 1.807) is 12.2 Å². The number of ether oxygens (including phenoxy) is 2. The van der Waals surface area contributed by atoms with Crippen LogP contribution in [0.1, 0.15) is 181 Å². The molecule has 1 unspecified atom stereocenters. The number of carbonyl (C=O) groups is 2. The Kier molecular flexibility index (Phi) is 38.1. The van der Waals surface area contributed by atoms with Crippen molar-refractivity contribution in [3.05, 3.63) is 48.6 Å². The number of unbranched alkanes of at least 4 members (excludes halogenated alkanes) is 21. The van der Waals surface area contributed by atoms with Gasteiger partial charge in [-0.05, 0) is 51.4 Å². The molecule has 2 atom stereocenters. The van der Waals surface area contributed by atoms with Gasteiger partial charge >= 0.3 is 19.8 Å². The SMILES string of the molecule is CCCCC/C=C/C/C=C/CCCCCCCCCC(=O)OC[C@H](COP(=O)(O)OCCN)OC(=O)/C=C/C=C/CCCCCCCCCCCCC. The van der Waals surface area contributed by atoms with Gasteiger partial charge in [-0.1, -0.05) is 166 Å². The van der Waals surface area contributed by atoms with E-state index in [1.807, 2.05) is 6.08 Å². The van der Waals surface area contributed by atoms with Crippen LogP contribution in [0.25, 0.3) is 0 Å². The fourth-order valence-electron chi connectivity index (χ4n) is 5.63. The second-order valence-electron chi connectivity index (χ2n) is 13.9. The Labute approximate surface area is 324 Å². The van der Waals surface area contributed by atoms with E-state index in [-0.39, 0.29) is 26.2 Å². The lowest BCUT2D eigenvalue weighted by molar-refractivity contribution is -0.157. The largest absolute Gasteiger partial charge is 0.472 e. The number of phosphoric acid groups is 1. The van der Waals surface area contributed by atoms with Gasteiger partial charge in [0.05, 0.1) is 13.2 Å². The van der Waals surface area contributed by atoms with Crippen LogP contribution < -0.4 is 5.73 Å². The molecule has 0 aliphatic heterocycles. The molecule has 3 N–H and O–H groups in total. The van der Waals surface area contributed by atoms with Crippen LogP contribution in [0.15, 0.2) is 48.6 Å². The van der Waals surface area contributed by atoms with Crippen molar-refractivity contribution in [2.45, 2.75) is 187 Å². The Morgan fingerprint density at radius 1 is 0.623 bits per heavy atom. The van der Waals surface area contributed by atoms with Gasteiger partial charge in [-0.3, -0.25) is 13.8 Å². The van der Waals surface area contributed by atoms with Crippen LogP contribution in [0.4, 0.5) is 0 Å². The molecule has 308 valence electrons. The molecule has 0 rings (SSSR count). The van der Waals surface area contributed by atoms with Crippen molar-refractivity contribution < 1.29 is 37.6 Å². The molecule has 0 aromatic carbocycles. The first-order chi connectivity index (χ1) is 25.8. The van der Waals surface area contributed by atoms with Gasteiger partial charge in [-0.25, -0.2) is 9.36 Å². The number of nitrogens with two attached hydrogens (primary N) is 1. The number of hydrogen-bond donors (Lipinski definition) is 2. The van der Waals surface area contributed by atoms with Gasteiger partial charge in [0.2, 0.25) is 0 Å². The van der Waals surface area contributed by atoms with E-state index in [1.165, 1.54) is 115 Å². The van der Waals surface area contributed by atoms with Crippen molar-refractivity contribution in [3.63, 3.8) is 0 Å². The Balaban J connectivity index is 4.27. The Bertz CT molecular complexity index is 1010. The van der Waals surface area contributed by atoms with Crippen LogP contribution in [0.3, 0.4) is 0 Å². The second-order valence-corrected chi connectivity index (χ2v) is 15.4. The molecule has 53 heavy (non-hydrogen) atoms. The molecule has 0 radical (unpaired) electrons. The van der Waals surface area contributed by atoms with Crippen LogP contribution in [-0.2, 0) is 32.7 Å². The zero-order valence-corrected chi connectivity index (χ0v) is 34.6. The summed E-state index contributed by atoms with van der Waals surface area (Å²) in [7, 11) is -4.40. The summed E-state index contributed by atoms with van der Waals surface area (Å²) < 4.78 is 32.5. The Morgan fingerprint density at radius 3 is 1.68 bits per heavy atom. The first-order valence-corrected chi connectivity index (χ1v) is 22.7. The first-order valence-electron chi connectivity index (χ1n) is 21.2. The van der Waals surface area contributed by atoms with E-state index in [9.17, 15) is 19.0 Å². The van der Waals surface area contributed by atoms with Crippen LogP contribution in [0, 0.1) is 0 Å². The lowest BCUT2D eigenvalue weighted by Gasteiger charge is -2.19. The minimum Gasteiger partial charge on any atom is -0.462 e. The summed E-state index contributed by atoms with van der Waals surface area (Å²) in [6.07, 6.45) is 44.8. The highest BCUT2D eigenvalue weighted by Crippen LogP contribution is 2.43. The van der Waals surface area contributed by atoms with Crippen molar-refractivity contribution in [2.24, 2.45) is 5.73 Å². The molecule has 0 amide bonds. The topological polar surface area (TPSA) is 134 Å². The Morgan fingerprint density at radius 2 is 1.11 bits per heavy atom. The highest BCUT2D eigenvalue weighted by molar-refractivity contribution is 7.47. The van der Waals surface area contributed by atoms with E-state index >= 15 is 0 Å². The third-order valence-corrected chi connectivity index (χ3v) is 9.78. The molecule has 0 heterocycles. The maximum Gasteiger partial charge on any atom is 0.472 e. The normalized spacial score (nSPS) is 13.8. The summed E-state index contributed by atoms with van der Waals surface area (Å²) >= 11 is 0. The smallest absolute Gasteiger partial charge is 0.462 e. The predicted molar refractivity (Wildman–Crippen MR) is 220 cm³/mol. The molecule has 0 spiro atoms. The molecule has 0 aliphatic carbocycles. The van der Waals surface area contributed by atoms with Crippen molar-refractivity contribution in [2.75, 3.05) is 26.4 Å². The monoisotopic (exact) mass is 768 g/mol. The van der Waals surface area contributed by atoms with Gasteiger partial charge in [-0.2, -0.15) is 0 Å². The number of hydrogen-bond acceptors (Lipinski definition) is 8. The highest BCUT2D eigenvalue weighted by Gasteiger charge is 2.25. The van der Waals surface area contributed by atoms with Gasteiger partial charge in [0, 0.05) is 19.0 Å². The average Bonchev–Trinajstić information content (AvgIpc) is 3.14. The Hall–Kier alpha value is -2.03. The van der Waals surface area contributed by atoms with Crippen LogP contribution >= 0.6 is 7.82 Å². The first kappa shape index (κ1) is 51.0. The van der Waals surface area contributed by atoms with E-state index in [0.717, 1.165) is 44.9 Å². The third kappa shape index (κ3) is 39.5. The van der Waals surface area contributed by atoms with Crippen LogP contribution in [0.5, 0.6) is 0 Å². The second kappa shape index (κ2) is 39.7. The number of esters is 2. The van der Waals surface area contributed by atoms with Gasteiger partial charge in [0.15, 0.2) is 6.10 Å². The quantitative estimate of drug-likeness (QED) is 0.0156. The summed E-state index contributed by atoms with van der Waals surface area (Å²) in [6.45, 7) is 3.57. The average molecular weight is 768 g/mol. The summed E-state index contributed by atoms with van der Waals surface area (Å²) in [5, 5.41) is 0. The number of phosphoric ester groups is 1. The van der Waals surface area contributed by atoms with Crippen molar-refractivity contribution in [1.29, 1.82) is 0 Å². The standard InChI is InChI=1S/C43H78NO8P/c1-3-5-7-9-11-13-15-17-19-20-22-23-25-27-29-31-33-35-42(45)49-39-41(40-51-53(47,48)50-38-37-44)52-43(46)36-34-32-30-28-26-24-21-18-16-14-12-10-8-6-4-2/h11,13,17,19,30,32,34,36,41H,3-10,12,14-16,18,20-29,31,33,35,37-40,44H2,1-2H3,(H,47,48)/b13-11+,19-17+,32-30+,36-34+/t41-/m1/s1. The summed E-state index contributed by atoms with van der Waals surface area (Å²) in [4.78, 5) is 34.7. The van der Waals surface area contributed by atoms with E-state index in [0.29, 0.717) is 6.42 Å². The number of carbonyl (C=O) groups excluding carboxylic acids is 2. The zero-order chi connectivity index (χ0) is 38.9. The fraction of sp³-hybridized carbons (Fsp3) is 0.767. The molecule has 0 saturated heterocycles. The third-order valence-electron chi connectivity index (χ3n) is 8.79. The predicted octanol–water partition coefficient (Wildman–Crippen LogP) is 11.9. The summed E-state index contributed by atoms with van der Waals surface area (Å²) in [6, 6.07) is 0. The van der Waals surface area contributed by atoms with E-state index in [2.05, 4.69) is 38.2 Å². The molecular weight excluding hydrogens is 689 g/mol. The maximum atomic E-state index is 12.5. The van der Waals surface area contributed by atoms with Crippen molar-refractivity contribution >= 4 is 19.8 Å². The molecule has 0 bridgehead atoms. The molecular formula is C43H78NO8P. The van der Waals surface area contributed by atoms with Gasteiger partial charge in [-0.15, -0.1) is 0 Å². The number of rotatable bonds is 39. The van der Waals surface area contributed by atoms with Gasteiger partial charge in [0.25, 0.3) is 0 Å². The molecule has 0 saturated carbocycles. The van der Waals surface area contributed by atoms with Gasteiger partial charge in [0.1, 0.15) is 6.61 Å². The molecule has 0 aromatic rings. The molecule has 0 fully saturated rings. The lowest BCUT2D eigenvalue weighted by atomic mass is 10.1. The van der Waals surface area contributed by atoms with Crippen LogP contribution in [0.2, 0.25) is 0 Å². The highest BCUT2D eigenvalue weighted by atomic mass is 31.2. The lowest BCUT2D eigenvalue weighted by Crippen LogP contribution is -2.29. The number of allylic oxidation sites excluding steroid dienone is 7. The van der Waals surface area contributed by atoms with E-state index < -0.39 is 32.5 Å². The molecule has 9 nitrogen and oxygen atoms in total. The molecule has 10 heteroatoms. The zero-order valence-electron chi connectivity index (χ0n) is 33.7. The fourth-order valence-corrected chi connectivity index (χ4v) is 6.40. The van der Waals surface area contributed by atoms with Gasteiger partial charge < -0.3 is 20.1 Å². The molecule has 0 aliphatic rings. The van der Waals surface area contributed by atoms with Crippen LogP contribution in [-0.4, -0.2) is 49.3 Å².